The molecule has 1 amide bonds. The summed E-state index contributed by atoms with van der Waals surface area (Å²) in [6, 6.07) is 5.66. The van der Waals surface area contributed by atoms with E-state index in [2.05, 4.69) is 45.5 Å². The Morgan fingerprint density at radius 2 is 1.94 bits per heavy atom. The second-order valence-corrected chi connectivity index (χ2v) is 16.7. The summed E-state index contributed by atoms with van der Waals surface area (Å²) in [6.45, 7) is 7.87. The molecular formula is C24H31BrFN5O2Si. The van der Waals surface area contributed by atoms with Crippen molar-refractivity contribution in [3.8, 4) is 0 Å². The highest BCUT2D eigenvalue weighted by molar-refractivity contribution is 9.10. The maximum atomic E-state index is 13.9. The molecule has 0 saturated heterocycles. The number of halogens is 2. The quantitative estimate of drug-likeness (QED) is 0.286. The molecule has 4 rings (SSSR count). The van der Waals surface area contributed by atoms with E-state index in [1.165, 1.54) is 12.1 Å². The second-order valence-electron chi connectivity index (χ2n) is 10.2. The number of carbonyl (C=O) groups excluding carboxylic acids is 1. The highest BCUT2D eigenvalue weighted by Crippen LogP contribution is 2.35. The molecule has 0 radical (unpaired) electrons. The lowest BCUT2D eigenvalue weighted by molar-refractivity contribution is 0.0867. The summed E-state index contributed by atoms with van der Waals surface area (Å²) in [5.74, 6) is 0.543. The molecule has 0 bridgehead atoms. The first-order chi connectivity index (χ1) is 16.1. The van der Waals surface area contributed by atoms with Crippen molar-refractivity contribution >= 4 is 41.1 Å². The van der Waals surface area contributed by atoms with Crippen molar-refractivity contribution in [2.45, 2.75) is 70.4 Å². The van der Waals surface area contributed by atoms with E-state index in [-0.39, 0.29) is 30.6 Å². The van der Waals surface area contributed by atoms with Crippen molar-refractivity contribution in [2.75, 3.05) is 6.61 Å². The van der Waals surface area contributed by atoms with Gasteiger partial charge in [-0.25, -0.2) is 19.3 Å². The van der Waals surface area contributed by atoms with E-state index in [1.807, 2.05) is 4.57 Å². The van der Waals surface area contributed by atoms with Crippen LogP contribution in [0.5, 0.6) is 0 Å². The first-order valence-corrected chi connectivity index (χ1v) is 16.2. The summed E-state index contributed by atoms with van der Waals surface area (Å²) in [5, 5.41) is 0. The highest BCUT2D eigenvalue weighted by atomic mass is 79.9. The van der Waals surface area contributed by atoms with E-state index in [9.17, 15) is 9.18 Å². The van der Waals surface area contributed by atoms with Gasteiger partial charge in [-0.3, -0.25) is 4.79 Å². The van der Waals surface area contributed by atoms with Crippen LogP contribution in [-0.4, -0.2) is 40.1 Å². The number of primary amides is 1. The van der Waals surface area contributed by atoms with Gasteiger partial charge in [-0.1, -0.05) is 48.4 Å². The monoisotopic (exact) mass is 547 g/mol. The van der Waals surface area contributed by atoms with Gasteiger partial charge in [0.1, 0.15) is 29.7 Å². The normalized spacial score (nSPS) is 14.9. The summed E-state index contributed by atoms with van der Waals surface area (Å²) in [7, 11) is -1.23. The first kappa shape index (κ1) is 24.9. The summed E-state index contributed by atoms with van der Waals surface area (Å²) < 4.78 is 22.5. The number of benzene rings is 1. The van der Waals surface area contributed by atoms with Crippen LogP contribution < -0.4 is 5.73 Å². The van der Waals surface area contributed by atoms with E-state index in [0.717, 1.165) is 37.6 Å². The predicted octanol–water partition coefficient (Wildman–Crippen LogP) is 5.39. The molecule has 182 valence electrons. The lowest BCUT2D eigenvalue weighted by Gasteiger charge is -2.18. The molecule has 1 aromatic carbocycles. The smallest absolute Gasteiger partial charge is 0.269 e. The van der Waals surface area contributed by atoms with Gasteiger partial charge < -0.3 is 15.0 Å². The Bertz CT molecular complexity index is 1180. The minimum absolute atomic E-state index is 0.126. The lowest BCUT2D eigenvalue weighted by Crippen LogP contribution is -2.22. The summed E-state index contributed by atoms with van der Waals surface area (Å²) in [6.07, 6.45) is 4.64. The molecule has 1 fully saturated rings. The fraction of sp³-hybridized carbons (Fsp3) is 0.500. The van der Waals surface area contributed by atoms with Crippen molar-refractivity contribution in [3.63, 3.8) is 0 Å². The zero-order valence-electron chi connectivity index (χ0n) is 19.9. The Labute approximate surface area is 208 Å². The number of aromatic nitrogens is 4. The van der Waals surface area contributed by atoms with Crippen LogP contribution in [0.2, 0.25) is 25.7 Å². The van der Waals surface area contributed by atoms with Crippen LogP contribution >= 0.6 is 15.9 Å². The third-order valence-electron chi connectivity index (χ3n) is 6.13. The van der Waals surface area contributed by atoms with Crippen LogP contribution in [0.25, 0.3) is 11.2 Å². The first-order valence-electron chi connectivity index (χ1n) is 11.7. The molecule has 0 spiro atoms. The van der Waals surface area contributed by atoms with E-state index < -0.39 is 14.0 Å². The molecule has 0 aliphatic heterocycles. The molecule has 3 aromatic rings. The van der Waals surface area contributed by atoms with Gasteiger partial charge in [0.15, 0.2) is 11.3 Å². The van der Waals surface area contributed by atoms with Crippen molar-refractivity contribution in [2.24, 2.45) is 5.73 Å². The van der Waals surface area contributed by atoms with Crippen LogP contribution in [0.1, 0.15) is 59.3 Å². The number of hydrogen-bond donors (Lipinski definition) is 1. The van der Waals surface area contributed by atoms with Gasteiger partial charge in [-0.2, -0.15) is 0 Å². The number of nitrogens with two attached hydrogens (primary N) is 1. The topological polar surface area (TPSA) is 95.9 Å². The highest BCUT2D eigenvalue weighted by Gasteiger charge is 2.27. The molecule has 1 aliphatic rings. The molecule has 34 heavy (non-hydrogen) atoms. The summed E-state index contributed by atoms with van der Waals surface area (Å²) >= 11 is 3.31. The average molecular weight is 549 g/mol. The zero-order chi connectivity index (χ0) is 24.5. The largest absolute Gasteiger partial charge is 0.364 e. The number of nitrogens with zero attached hydrogens (tertiary/aromatic N) is 4. The average Bonchev–Trinajstić information content (AvgIpc) is 3.37. The number of fused-ring (bicyclic) bond motifs is 1. The number of ether oxygens (including phenoxy) is 1. The molecular weight excluding hydrogens is 517 g/mol. The maximum absolute atomic E-state index is 13.9. The summed E-state index contributed by atoms with van der Waals surface area (Å²) in [4.78, 5) is 26.5. The Morgan fingerprint density at radius 1 is 1.21 bits per heavy atom. The van der Waals surface area contributed by atoms with Crippen molar-refractivity contribution in [3.05, 3.63) is 51.4 Å². The third-order valence-corrected chi connectivity index (χ3v) is 8.30. The predicted molar refractivity (Wildman–Crippen MR) is 136 cm³/mol. The van der Waals surface area contributed by atoms with Crippen LogP contribution in [0.4, 0.5) is 4.39 Å². The standard InChI is InChI=1S/C24H31BrFN5O2Si/c1-34(2,3)9-8-33-14-31-21-20(22(27)32)28-19(12-15-10-17(25)13-18(26)11-15)29-23(21)30-24(31)16-6-4-5-7-16/h10-11,13,16H,4-9,12,14H2,1-3H3,(H2,27,32). The summed E-state index contributed by atoms with van der Waals surface area (Å²) in [5.41, 5.74) is 7.53. The molecule has 1 aliphatic carbocycles. The fourth-order valence-electron chi connectivity index (χ4n) is 4.41. The molecule has 0 atom stereocenters. The van der Waals surface area contributed by atoms with Gasteiger partial charge in [0, 0.05) is 31.5 Å². The molecule has 2 aromatic heterocycles. The van der Waals surface area contributed by atoms with Crippen molar-refractivity contribution < 1.29 is 13.9 Å². The Morgan fingerprint density at radius 3 is 2.59 bits per heavy atom. The zero-order valence-corrected chi connectivity index (χ0v) is 22.5. The van der Waals surface area contributed by atoms with E-state index in [4.69, 9.17) is 15.5 Å². The second kappa shape index (κ2) is 10.2. The van der Waals surface area contributed by atoms with Gasteiger partial charge in [-0.05, 0) is 42.6 Å². The minimum Gasteiger partial charge on any atom is -0.364 e. The van der Waals surface area contributed by atoms with E-state index >= 15 is 0 Å². The number of amides is 1. The number of rotatable bonds is 9. The van der Waals surface area contributed by atoms with E-state index in [1.54, 1.807) is 6.07 Å². The van der Waals surface area contributed by atoms with Gasteiger partial charge in [0.2, 0.25) is 0 Å². The number of hydrogen-bond acceptors (Lipinski definition) is 5. The molecule has 1 saturated carbocycles. The lowest BCUT2D eigenvalue weighted by atomic mass is 10.1. The number of imidazole rings is 1. The van der Waals surface area contributed by atoms with E-state index in [0.29, 0.717) is 33.6 Å². The molecule has 7 nitrogen and oxygen atoms in total. The van der Waals surface area contributed by atoms with Gasteiger partial charge in [-0.15, -0.1) is 0 Å². The molecule has 2 heterocycles. The van der Waals surface area contributed by atoms with Crippen LogP contribution in [-0.2, 0) is 17.9 Å². The fourth-order valence-corrected chi connectivity index (χ4v) is 5.67. The van der Waals surface area contributed by atoms with Crippen molar-refractivity contribution in [1.82, 2.24) is 19.5 Å². The van der Waals surface area contributed by atoms with Crippen LogP contribution in [0, 0.1) is 5.82 Å². The molecule has 10 heteroatoms. The SMILES string of the molecule is C[Si](C)(C)CCOCn1c(C2CCCC2)nc2nc(Cc3cc(F)cc(Br)c3)nc(C(N)=O)c21. The Balaban J connectivity index is 1.74. The van der Waals surface area contributed by atoms with Crippen LogP contribution in [0.3, 0.4) is 0 Å². The maximum Gasteiger partial charge on any atom is 0.269 e. The minimum atomic E-state index is -1.23. The third kappa shape index (κ3) is 5.90. The van der Waals surface area contributed by atoms with Gasteiger partial charge in [0.05, 0.1) is 0 Å². The van der Waals surface area contributed by atoms with Crippen molar-refractivity contribution in [1.29, 1.82) is 0 Å². The van der Waals surface area contributed by atoms with Gasteiger partial charge in [0.25, 0.3) is 5.91 Å². The van der Waals surface area contributed by atoms with Gasteiger partial charge >= 0.3 is 0 Å². The molecule has 0 unspecified atom stereocenters. The number of carbonyl (C=O) groups is 1. The Kier molecular flexibility index (Phi) is 7.49. The van der Waals surface area contributed by atoms with Crippen LogP contribution in [0.15, 0.2) is 22.7 Å². The molecule has 2 N–H and O–H groups in total. The Hall–Kier alpha value is -2.17.